The zero-order valence-electron chi connectivity index (χ0n) is 9.77. The molecule has 92 valence electrons. The highest BCUT2D eigenvalue weighted by Crippen LogP contribution is 2.34. The first-order valence-corrected chi connectivity index (χ1v) is 5.42. The van der Waals surface area contributed by atoms with E-state index in [-0.39, 0.29) is 18.8 Å². The second-order valence-electron chi connectivity index (χ2n) is 3.95. The van der Waals surface area contributed by atoms with Crippen LogP contribution in [-0.4, -0.2) is 36.9 Å². The molecule has 2 unspecified atom stereocenters. The maximum atomic E-state index is 11.6. The number of methoxy groups -OCH3 is 1. The van der Waals surface area contributed by atoms with Crippen molar-refractivity contribution in [3.8, 4) is 5.75 Å². The van der Waals surface area contributed by atoms with E-state index in [0.717, 1.165) is 5.69 Å². The van der Waals surface area contributed by atoms with Crippen molar-refractivity contribution in [3.05, 3.63) is 23.8 Å². The number of para-hydroxylation sites is 1. The molecule has 2 atom stereocenters. The first-order valence-electron chi connectivity index (χ1n) is 5.42. The number of nitrogens with one attached hydrogen (secondary N) is 1. The molecule has 5 heteroatoms. The Kier molecular flexibility index (Phi) is 3.19. The topological polar surface area (TPSA) is 67.8 Å². The summed E-state index contributed by atoms with van der Waals surface area (Å²) in [4.78, 5) is 11.6. The Morgan fingerprint density at radius 1 is 1.59 bits per heavy atom. The van der Waals surface area contributed by atoms with Gasteiger partial charge in [0.2, 0.25) is 0 Å². The molecule has 2 rings (SSSR count). The van der Waals surface area contributed by atoms with E-state index >= 15 is 0 Å². The lowest BCUT2D eigenvalue weighted by atomic mass is 10.1. The summed E-state index contributed by atoms with van der Waals surface area (Å²) >= 11 is 0. The average Bonchev–Trinajstić information content (AvgIpc) is 2.36. The Morgan fingerprint density at radius 3 is 3.00 bits per heavy atom. The molecule has 0 saturated heterocycles. The zero-order chi connectivity index (χ0) is 12.4. The van der Waals surface area contributed by atoms with Gasteiger partial charge in [-0.15, -0.1) is 0 Å². The molecule has 17 heavy (non-hydrogen) atoms. The second kappa shape index (κ2) is 4.63. The average molecular weight is 237 g/mol. The van der Waals surface area contributed by atoms with E-state index in [1.807, 2.05) is 13.0 Å². The SMILES string of the molecule is COC(=O)c1cccc2c1OC(CO)C(C)N2. The van der Waals surface area contributed by atoms with Crippen molar-refractivity contribution in [3.63, 3.8) is 0 Å². The van der Waals surface area contributed by atoms with Crippen LogP contribution < -0.4 is 10.1 Å². The number of anilines is 1. The van der Waals surface area contributed by atoms with E-state index < -0.39 is 5.97 Å². The van der Waals surface area contributed by atoms with Crippen LogP contribution in [0.1, 0.15) is 17.3 Å². The minimum Gasteiger partial charge on any atom is -0.483 e. The second-order valence-corrected chi connectivity index (χ2v) is 3.95. The van der Waals surface area contributed by atoms with Gasteiger partial charge in [-0.2, -0.15) is 0 Å². The lowest BCUT2D eigenvalue weighted by Crippen LogP contribution is -2.42. The lowest BCUT2D eigenvalue weighted by Gasteiger charge is -2.32. The van der Waals surface area contributed by atoms with Gasteiger partial charge in [0, 0.05) is 0 Å². The van der Waals surface area contributed by atoms with Crippen LogP contribution in [0.4, 0.5) is 5.69 Å². The Labute approximate surface area is 99.3 Å². The summed E-state index contributed by atoms with van der Waals surface area (Å²) < 4.78 is 10.3. The molecular formula is C12H15NO4. The molecule has 1 heterocycles. The molecule has 0 spiro atoms. The zero-order valence-corrected chi connectivity index (χ0v) is 9.77. The third-order valence-electron chi connectivity index (χ3n) is 2.81. The Balaban J connectivity index is 2.41. The van der Waals surface area contributed by atoms with Crippen LogP contribution in [-0.2, 0) is 4.74 Å². The number of carbonyl (C=O) groups excluding carboxylic acids is 1. The van der Waals surface area contributed by atoms with Crippen LogP contribution in [0.5, 0.6) is 5.75 Å². The number of esters is 1. The van der Waals surface area contributed by atoms with E-state index in [4.69, 9.17) is 4.74 Å². The van der Waals surface area contributed by atoms with Gasteiger partial charge in [0.25, 0.3) is 0 Å². The van der Waals surface area contributed by atoms with Crippen molar-refractivity contribution in [2.45, 2.75) is 19.1 Å². The Hall–Kier alpha value is -1.75. The quantitative estimate of drug-likeness (QED) is 0.752. The normalized spacial score (nSPS) is 22.1. The van der Waals surface area contributed by atoms with E-state index in [0.29, 0.717) is 11.3 Å². The minimum atomic E-state index is -0.449. The van der Waals surface area contributed by atoms with Gasteiger partial charge in [-0.25, -0.2) is 4.79 Å². The Bertz CT molecular complexity index is 433. The van der Waals surface area contributed by atoms with Crippen LogP contribution in [0.15, 0.2) is 18.2 Å². The summed E-state index contributed by atoms with van der Waals surface area (Å²) in [6, 6.07) is 5.20. The van der Waals surface area contributed by atoms with E-state index in [2.05, 4.69) is 10.1 Å². The van der Waals surface area contributed by atoms with Gasteiger partial charge < -0.3 is 19.9 Å². The number of fused-ring (bicyclic) bond motifs is 1. The molecule has 0 aliphatic carbocycles. The van der Waals surface area contributed by atoms with Gasteiger partial charge in [0.05, 0.1) is 25.4 Å². The highest BCUT2D eigenvalue weighted by molar-refractivity contribution is 5.95. The molecule has 0 fully saturated rings. The fourth-order valence-electron chi connectivity index (χ4n) is 1.84. The number of rotatable bonds is 2. The largest absolute Gasteiger partial charge is 0.483 e. The highest BCUT2D eigenvalue weighted by atomic mass is 16.5. The summed E-state index contributed by atoms with van der Waals surface area (Å²) in [7, 11) is 1.32. The number of aliphatic hydroxyl groups excluding tert-OH is 1. The van der Waals surface area contributed by atoms with E-state index in [1.165, 1.54) is 7.11 Å². The van der Waals surface area contributed by atoms with Gasteiger partial charge in [-0.1, -0.05) is 6.07 Å². The summed E-state index contributed by atoms with van der Waals surface area (Å²) in [5.74, 6) is -0.00797. The van der Waals surface area contributed by atoms with Crippen LogP contribution in [0.3, 0.4) is 0 Å². The van der Waals surface area contributed by atoms with Gasteiger partial charge in [-0.3, -0.25) is 0 Å². The first-order chi connectivity index (χ1) is 8.17. The van der Waals surface area contributed by atoms with Crippen molar-refractivity contribution in [2.24, 2.45) is 0 Å². The predicted octanol–water partition coefficient (Wildman–Crippen LogP) is 1.03. The maximum absolute atomic E-state index is 11.6. The van der Waals surface area contributed by atoms with Gasteiger partial charge in [-0.05, 0) is 19.1 Å². The summed E-state index contributed by atoms with van der Waals surface area (Å²) in [6.45, 7) is 1.80. The number of hydrogen-bond donors (Lipinski definition) is 2. The van der Waals surface area contributed by atoms with E-state index in [9.17, 15) is 9.90 Å². The highest BCUT2D eigenvalue weighted by Gasteiger charge is 2.29. The van der Waals surface area contributed by atoms with Gasteiger partial charge >= 0.3 is 5.97 Å². The minimum absolute atomic E-state index is 0.0135. The third kappa shape index (κ3) is 2.06. The van der Waals surface area contributed by atoms with Crippen LogP contribution in [0, 0.1) is 0 Å². The molecule has 2 N–H and O–H groups in total. The first kappa shape index (κ1) is 11.7. The van der Waals surface area contributed by atoms with Crippen molar-refractivity contribution in [2.75, 3.05) is 19.0 Å². The standard InChI is InChI=1S/C12H15NO4/c1-7-10(6-14)17-11-8(12(15)16-2)4-3-5-9(11)13-7/h3-5,7,10,13-14H,6H2,1-2H3. The summed E-state index contributed by atoms with van der Waals surface area (Å²) in [5, 5.41) is 12.4. The van der Waals surface area contributed by atoms with Crippen LogP contribution >= 0.6 is 0 Å². The molecule has 1 aliphatic rings. The lowest BCUT2D eigenvalue weighted by molar-refractivity contribution is 0.0579. The number of carbonyl (C=O) groups is 1. The molecule has 1 aromatic carbocycles. The van der Waals surface area contributed by atoms with Crippen molar-refractivity contribution >= 4 is 11.7 Å². The molecule has 0 aromatic heterocycles. The van der Waals surface area contributed by atoms with Crippen LogP contribution in [0.25, 0.3) is 0 Å². The molecule has 0 amide bonds. The fraction of sp³-hybridized carbons (Fsp3) is 0.417. The van der Waals surface area contributed by atoms with Gasteiger partial charge in [0.1, 0.15) is 11.7 Å². The number of aliphatic hydroxyl groups is 1. The maximum Gasteiger partial charge on any atom is 0.341 e. The molecule has 1 aliphatic heterocycles. The molecule has 5 nitrogen and oxygen atoms in total. The number of hydrogen-bond acceptors (Lipinski definition) is 5. The molecule has 0 radical (unpaired) electrons. The monoisotopic (exact) mass is 237 g/mol. The van der Waals surface area contributed by atoms with Crippen molar-refractivity contribution in [1.29, 1.82) is 0 Å². The Morgan fingerprint density at radius 2 is 2.35 bits per heavy atom. The fourth-order valence-corrected chi connectivity index (χ4v) is 1.84. The molecule has 1 aromatic rings. The van der Waals surface area contributed by atoms with Crippen molar-refractivity contribution < 1.29 is 19.4 Å². The van der Waals surface area contributed by atoms with Crippen LogP contribution in [0.2, 0.25) is 0 Å². The summed E-state index contributed by atoms with van der Waals surface area (Å²) in [5.41, 5.74) is 1.10. The van der Waals surface area contributed by atoms with Gasteiger partial charge in [0.15, 0.2) is 5.75 Å². The molecular weight excluding hydrogens is 222 g/mol. The number of ether oxygens (including phenoxy) is 2. The summed E-state index contributed by atoms with van der Waals surface area (Å²) in [6.07, 6.45) is -0.367. The molecule has 0 bridgehead atoms. The third-order valence-corrected chi connectivity index (χ3v) is 2.81. The number of benzene rings is 1. The molecule has 0 saturated carbocycles. The smallest absolute Gasteiger partial charge is 0.341 e. The van der Waals surface area contributed by atoms with Crippen molar-refractivity contribution in [1.82, 2.24) is 0 Å². The van der Waals surface area contributed by atoms with E-state index in [1.54, 1.807) is 12.1 Å². The predicted molar refractivity (Wildman–Crippen MR) is 62.4 cm³/mol.